The quantitative estimate of drug-likeness (QED) is 0.304. The predicted molar refractivity (Wildman–Crippen MR) is 155 cm³/mol. The summed E-state index contributed by atoms with van der Waals surface area (Å²) in [5.74, 6) is -0.237. The third kappa shape index (κ3) is 6.69. The number of carbonyl (C=O) groups excluding carboxylic acids is 3. The maximum absolute atomic E-state index is 13.1. The second-order valence-electron chi connectivity index (χ2n) is 8.43. The van der Waals surface area contributed by atoms with Crippen LogP contribution in [0.2, 0.25) is 5.02 Å². The van der Waals surface area contributed by atoms with Gasteiger partial charge in [0.05, 0.1) is 26.6 Å². The summed E-state index contributed by atoms with van der Waals surface area (Å²) in [5, 5.41) is 1.29. The number of likely N-dealkylation sites (tertiary alicyclic amines) is 1. The van der Waals surface area contributed by atoms with Crippen molar-refractivity contribution in [2.75, 3.05) is 26.3 Å². The Morgan fingerprint density at radius 2 is 1.92 bits per heavy atom. The van der Waals surface area contributed by atoms with E-state index in [1.165, 1.54) is 0 Å². The van der Waals surface area contributed by atoms with Crippen molar-refractivity contribution in [1.29, 1.82) is 0 Å². The van der Waals surface area contributed by atoms with Gasteiger partial charge < -0.3 is 14.4 Å². The number of benzene rings is 2. The summed E-state index contributed by atoms with van der Waals surface area (Å²) in [7, 11) is 0. The van der Waals surface area contributed by atoms with Crippen LogP contribution in [0.1, 0.15) is 42.1 Å². The third-order valence-corrected chi connectivity index (χ3v) is 8.02. The van der Waals surface area contributed by atoms with Gasteiger partial charge in [-0.1, -0.05) is 35.5 Å². The molecule has 0 aromatic heterocycles. The van der Waals surface area contributed by atoms with Crippen LogP contribution in [0.4, 0.5) is 0 Å². The lowest BCUT2D eigenvalue weighted by atomic mass is 10.1. The van der Waals surface area contributed by atoms with Crippen molar-refractivity contribution in [2.24, 2.45) is 0 Å². The Labute approximate surface area is 243 Å². The minimum Gasteiger partial charge on any atom is -0.490 e. The Bertz CT molecular complexity index is 1300. The number of carbonyl (C=O) groups is 3. The SMILES string of the molecule is CCOc1cc(/C=C2/SC(=S)N(NC(=O)c3ccccc3Cl)C2=O)cc(Br)c1OCC(=O)N1CCCCC1. The molecule has 200 valence electrons. The Kier molecular flexibility index (Phi) is 9.69. The lowest BCUT2D eigenvalue weighted by molar-refractivity contribution is -0.134. The van der Waals surface area contributed by atoms with Crippen LogP contribution in [0.15, 0.2) is 45.8 Å². The zero-order chi connectivity index (χ0) is 27.2. The van der Waals surface area contributed by atoms with Gasteiger partial charge >= 0.3 is 0 Å². The molecule has 2 aromatic rings. The standard InChI is InChI=1S/C26H25BrClN3O5S2/c1-2-35-20-13-16(12-18(27)23(20)36-15-22(32)30-10-6-3-7-11-30)14-21-25(34)31(26(37)38-21)29-24(33)17-8-4-5-9-19(17)28/h4-5,8-9,12-14H,2-3,6-7,10-11,15H2,1H3,(H,29,33)/b21-14+. The van der Waals surface area contributed by atoms with E-state index in [4.69, 9.17) is 33.3 Å². The van der Waals surface area contributed by atoms with E-state index in [-0.39, 0.29) is 27.4 Å². The average molecular weight is 639 g/mol. The highest BCUT2D eigenvalue weighted by Crippen LogP contribution is 2.39. The summed E-state index contributed by atoms with van der Waals surface area (Å²) >= 11 is 16.0. The van der Waals surface area contributed by atoms with Gasteiger partial charge in [0.25, 0.3) is 17.7 Å². The third-order valence-electron chi connectivity index (χ3n) is 5.80. The van der Waals surface area contributed by atoms with E-state index in [1.807, 2.05) is 11.8 Å². The van der Waals surface area contributed by atoms with Crippen molar-refractivity contribution >= 4 is 79.6 Å². The maximum Gasteiger partial charge on any atom is 0.285 e. The summed E-state index contributed by atoms with van der Waals surface area (Å²) < 4.78 is 12.4. The van der Waals surface area contributed by atoms with Crippen molar-refractivity contribution in [1.82, 2.24) is 15.3 Å². The number of rotatable bonds is 8. The molecule has 0 radical (unpaired) electrons. The highest BCUT2D eigenvalue weighted by Gasteiger charge is 2.34. The van der Waals surface area contributed by atoms with Crippen LogP contribution in [0.25, 0.3) is 6.08 Å². The minimum absolute atomic E-state index is 0.0642. The average Bonchev–Trinajstić information content (AvgIpc) is 3.16. The van der Waals surface area contributed by atoms with Crippen LogP contribution < -0.4 is 14.9 Å². The number of hydrazine groups is 1. The first-order valence-corrected chi connectivity index (χ1v) is 14.4. The second kappa shape index (κ2) is 13.0. The number of ether oxygens (including phenoxy) is 2. The molecule has 12 heteroatoms. The number of piperidine rings is 1. The van der Waals surface area contributed by atoms with E-state index in [1.54, 1.807) is 42.5 Å². The van der Waals surface area contributed by atoms with E-state index in [0.29, 0.717) is 33.0 Å². The van der Waals surface area contributed by atoms with E-state index in [2.05, 4.69) is 21.4 Å². The largest absolute Gasteiger partial charge is 0.490 e. The molecule has 0 saturated carbocycles. The van der Waals surface area contributed by atoms with Gasteiger partial charge in [-0.3, -0.25) is 19.8 Å². The predicted octanol–water partition coefficient (Wildman–Crippen LogP) is 5.44. The number of hydrogen-bond donors (Lipinski definition) is 1. The fourth-order valence-electron chi connectivity index (χ4n) is 3.97. The molecule has 2 aliphatic heterocycles. The lowest BCUT2D eigenvalue weighted by Gasteiger charge is -2.26. The molecule has 0 spiro atoms. The number of halogens is 2. The molecule has 8 nitrogen and oxygen atoms in total. The molecule has 3 amide bonds. The van der Waals surface area contributed by atoms with E-state index in [9.17, 15) is 14.4 Å². The van der Waals surface area contributed by atoms with Gasteiger partial charge in [-0.2, -0.15) is 5.01 Å². The van der Waals surface area contributed by atoms with Crippen molar-refractivity contribution in [3.8, 4) is 11.5 Å². The first kappa shape index (κ1) is 28.4. The summed E-state index contributed by atoms with van der Waals surface area (Å²) in [6.07, 6.45) is 4.80. The zero-order valence-electron chi connectivity index (χ0n) is 20.5. The molecule has 0 atom stereocenters. The Hall–Kier alpha value is -2.60. The first-order valence-electron chi connectivity index (χ1n) is 12.0. The summed E-state index contributed by atoms with van der Waals surface area (Å²) in [6, 6.07) is 10.0. The molecule has 2 fully saturated rings. The van der Waals surface area contributed by atoms with Gasteiger partial charge in [-0.15, -0.1) is 0 Å². The highest BCUT2D eigenvalue weighted by molar-refractivity contribution is 9.10. The molecule has 4 rings (SSSR count). The van der Waals surface area contributed by atoms with Gasteiger partial charge in [-0.25, -0.2) is 0 Å². The summed E-state index contributed by atoms with van der Waals surface area (Å²) in [6.45, 7) is 3.62. The van der Waals surface area contributed by atoms with Gasteiger partial charge in [0, 0.05) is 13.1 Å². The van der Waals surface area contributed by atoms with Crippen molar-refractivity contribution in [2.45, 2.75) is 26.2 Å². The van der Waals surface area contributed by atoms with E-state index < -0.39 is 11.8 Å². The smallest absolute Gasteiger partial charge is 0.285 e. The molecule has 38 heavy (non-hydrogen) atoms. The molecular formula is C26H25BrClN3O5S2. The summed E-state index contributed by atoms with van der Waals surface area (Å²) in [4.78, 5) is 40.4. The van der Waals surface area contributed by atoms with E-state index in [0.717, 1.165) is 49.1 Å². The number of thioether (sulfide) groups is 1. The molecule has 0 unspecified atom stereocenters. The lowest BCUT2D eigenvalue weighted by Crippen LogP contribution is -2.44. The minimum atomic E-state index is -0.546. The number of amides is 3. The Morgan fingerprint density at radius 1 is 1.18 bits per heavy atom. The molecule has 1 N–H and O–H groups in total. The molecular weight excluding hydrogens is 614 g/mol. The molecule has 2 aromatic carbocycles. The Morgan fingerprint density at radius 3 is 2.63 bits per heavy atom. The van der Waals surface area contributed by atoms with Crippen LogP contribution in [0.5, 0.6) is 11.5 Å². The molecule has 2 heterocycles. The van der Waals surface area contributed by atoms with Crippen LogP contribution in [-0.4, -0.2) is 58.3 Å². The fraction of sp³-hybridized carbons (Fsp3) is 0.308. The van der Waals surface area contributed by atoms with Gasteiger partial charge in [0.1, 0.15) is 0 Å². The number of hydrogen-bond acceptors (Lipinski definition) is 7. The number of nitrogens with zero attached hydrogens (tertiary/aromatic N) is 2. The number of nitrogens with one attached hydrogen (secondary N) is 1. The van der Waals surface area contributed by atoms with Crippen LogP contribution in [0.3, 0.4) is 0 Å². The second-order valence-corrected chi connectivity index (χ2v) is 11.4. The van der Waals surface area contributed by atoms with Crippen molar-refractivity contribution < 1.29 is 23.9 Å². The van der Waals surface area contributed by atoms with Crippen molar-refractivity contribution in [3.63, 3.8) is 0 Å². The zero-order valence-corrected chi connectivity index (χ0v) is 24.5. The fourth-order valence-corrected chi connectivity index (χ4v) is 5.94. The van der Waals surface area contributed by atoms with Gasteiger partial charge in [-0.05, 0) is 90.2 Å². The molecule has 2 aliphatic rings. The summed E-state index contributed by atoms with van der Waals surface area (Å²) in [5.41, 5.74) is 3.40. The first-order chi connectivity index (χ1) is 18.3. The normalized spacial score (nSPS) is 16.7. The maximum atomic E-state index is 13.1. The van der Waals surface area contributed by atoms with Crippen LogP contribution >= 0.6 is 51.5 Å². The number of thiocarbonyl (C=S) groups is 1. The Balaban J connectivity index is 1.49. The van der Waals surface area contributed by atoms with Crippen molar-refractivity contribution in [3.05, 3.63) is 61.9 Å². The van der Waals surface area contributed by atoms with Gasteiger partial charge in [0.2, 0.25) is 0 Å². The highest BCUT2D eigenvalue weighted by atomic mass is 79.9. The van der Waals surface area contributed by atoms with Crippen LogP contribution in [-0.2, 0) is 9.59 Å². The molecule has 2 saturated heterocycles. The van der Waals surface area contributed by atoms with E-state index >= 15 is 0 Å². The topological polar surface area (TPSA) is 88.2 Å². The van der Waals surface area contributed by atoms with Crippen LogP contribution in [0, 0.1) is 0 Å². The van der Waals surface area contributed by atoms with Gasteiger partial charge in [0.15, 0.2) is 22.4 Å². The molecule has 0 bridgehead atoms. The molecule has 0 aliphatic carbocycles. The monoisotopic (exact) mass is 637 g/mol.